The largest absolute Gasteiger partial charge is 0.462 e. The minimum absolute atomic E-state index is 0.0366. The summed E-state index contributed by atoms with van der Waals surface area (Å²) in [7, 11) is 0. The molecule has 0 spiro atoms. The lowest BCUT2D eigenvalue weighted by molar-refractivity contribution is -0.163. The van der Waals surface area contributed by atoms with E-state index in [9.17, 15) is 9.59 Å². The number of hydrogen-bond acceptors (Lipinski definition) is 5. The van der Waals surface area contributed by atoms with Crippen LogP contribution in [0, 0.1) is 0 Å². The summed E-state index contributed by atoms with van der Waals surface area (Å²) in [6, 6.07) is 0. The highest BCUT2D eigenvalue weighted by Gasteiger charge is 2.17. The molecule has 0 amide bonds. The molecule has 0 saturated heterocycles. The van der Waals surface area contributed by atoms with E-state index in [0.29, 0.717) is 19.4 Å². The van der Waals surface area contributed by atoms with Gasteiger partial charge >= 0.3 is 11.9 Å². The van der Waals surface area contributed by atoms with E-state index in [2.05, 4.69) is 142 Å². The Labute approximate surface area is 382 Å². The van der Waals surface area contributed by atoms with Crippen molar-refractivity contribution in [3.63, 3.8) is 0 Å². The molecule has 1 unspecified atom stereocenters. The van der Waals surface area contributed by atoms with E-state index in [1.165, 1.54) is 51.4 Å². The Balaban J connectivity index is 4.44. The molecule has 0 aliphatic carbocycles. The van der Waals surface area contributed by atoms with E-state index >= 15 is 0 Å². The molecule has 62 heavy (non-hydrogen) atoms. The van der Waals surface area contributed by atoms with Crippen LogP contribution in [0.3, 0.4) is 0 Å². The molecule has 0 rings (SSSR count). The van der Waals surface area contributed by atoms with Crippen LogP contribution in [0.5, 0.6) is 0 Å². The van der Waals surface area contributed by atoms with Crippen LogP contribution in [-0.2, 0) is 23.8 Å². The molecular weight excluding hydrogens is 765 g/mol. The average molecular weight is 857 g/mol. The van der Waals surface area contributed by atoms with Crippen molar-refractivity contribution in [2.45, 2.75) is 207 Å². The van der Waals surface area contributed by atoms with Crippen LogP contribution in [0.2, 0.25) is 0 Å². The molecule has 5 nitrogen and oxygen atoms in total. The van der Waals surface area contributed by atoms with Gasteiger partial charge in [0.25, 0.3) is 0 Å². The minimum Gasteiger partial charge on any atom is -0.462 e. The number of allylic oxidation sites excluding steroid dienone is 20. The number of ether oxygens (including phenoxy) is 3. The normalized spacial score (nSPS) is 13.3. The zero-order chi connectivity index (χ0) is 44.9. The van der Waals surface area contributed by atoms with Gasteiger partial charge in [0.2, 0.25) is 0 Å². The molecule has 0 bridgehead atoms. The second-order valence-corrected chi connectivity index (χ2v) is 15.9. The molecule has 0 radical (unpaired) electrons. The third-order valence-corrected chi connectivity index (χ3v) is 9.94. The van der Waals surface area contributed by atoms with Gasteiger partial charge < -0.3 is 14.2 Å². The maximum absolute atomic E-state index is 12.8. The number of unbranched alkanes of at least 4 members (excludes halogenated alkanes) is 13. The summed E-state index contributed by atoms with van der Waals surface area (Å²) in [5.74, 6) is -0.499. The summed E-state index contributed by atoms with van der Waals surface area (Å²) in [4.78, 5) is 25.4. The molecule has 0 heterocycles. The molecule has 0 aliphatic rings. The molecule has 5 heteroatoms. The van der Waals surface area contributed by atoms with Crippen molar-refractivity contribution in [3.05, 3.63) is 122 Å². The number of carbonyl (C=O) groups is 2. The smallest absolute Gasteiger partial charge is 0.306 e. The summed E-state index contributed by atoms with van der Waals surface area (Å²) in [5.41, 5.74) is 0. The van der Waals surface area contributed by atoms with Crippen LogP contribution in [0.15, 0.2) is 122 Å². The molecule has 1 atom stereocenters. The van der Waals surface area contributed by atoms with Crippen LogP contribution in [-0.4, -0.2) is 37.9 Å². The molecular formula is C57H92O5. The van der Waals surface area contributed by atoms with Gasteiger partial charge in [-0.05, 0) is 116 Å². The van der Waals surface area contributed by atoms with Gasteiger partial charge in [0.1, 0.15) is 6.61 Å². The number of hydrogen-bond donors (Lipinski definition) is 0. The van der Waals surface area contributed by atoms with Gasteiger partial charge in [-0.25, -0.2) is 0 Å². The van der Waals surface area contributed by atoms with Crippen LogP contribution < -0.4 is 0 Å². The Kier molecular flexibility index (Phi) is 48.6. The molecule has 0 aromatic heterocycles. The van der Waals surface area contributed by atoms with Crippen LogP contribution in [0.4, 0.5) is 0 Å². The minimum atomic E-state index is -0.581. The van der Waals surface area contributed by atoms with Crippen molar-refractivity contribution in [2.75, 3.05) is 19.8 Å². The van der Waals surface area contributed by atoms with Crippen LogP contribution >= 0.6 is 0 Å². The fourth-order valence-electron chi connectivity index (χ4n) is 6.30. The first-order valence-electron chi connectivity index (χ1n) is 25.1. The van der Waals surface area contributed by atoms with Gasteiger partial charge in [-0.3, -0.25) is 9.59 Å². The van der Waals surface area contributed by atoms with E-state index < -0.39 is 6.10 Å². The predicted octanol–water partition coefficient (Wildman–Crippen LogP) is 17.0. The fraction of sp³-hybridized carbons (Fsp3) is 0.614. The molecule has 0 aromatic carbocycles. The van der Waals surface area contributed by atoms with Crippen LogP contribution in [0.1, 0.15) is 201 Å². The van der Waals surface area contributed by atoms with E-state index in [4.69, 9.17) is 14.2 Å². The molecule has 350 valence electrons. The summed E-state index contributed by atoms with van der Waals surface area (Å²) in [6.07, 6.45) is 72.1. The Morgan fingerprint density at radius 1 is 0.371 bits per heavy atom. The van der Waals surface area contributed by atoms with E-state index in [1.54, 1.807) is 0 Å². The first-order chi connectivity index (χ1) is 30.6. The molecule has 0 N–H and O–H groups in total. The molecule has 0 fully saturated rings. The van der Waals surface area contributed by atoms with Crippen molar-refractivity contribution in [1.29, 1.82) is 0 Å². The topological polar surface area (TPSA) is 61.8 Å². The second kappa shape index (κ2) is 51.6. The SMILES string of the molecule is CC/C=C\C/C=C\C/C=C\C/C=C\C/C=C\CCCC(=O)OCC(COCCCCCCCC/C=C\C/C=C\CCC)OC(=O)CCCCCCC/C=C\C/C=C\C/C=C\CC. The summed E-state index contributed by atoms with van der Waals surface area (Å²) in [6.45, 7) is 7.42. The van der Waals surface area contributed by atoms with Crippen LogP contribution in [0.25, 0.3) is 0 Å². The zero-order valence-corrected chi connectivity index (χ0v) is 40.1. The lowest BCUT2D eigenvalue weighted by Gasteiger charge is -2.18. The molecule has 0 aliphatic heterocycles. The van der Waals surface area contributed by atoms with Gasteiger partial charge in [-0.15, -0.1) is 0 Å². The zero-order valence-electron chi connectivity index (χ0n) is 40.1. The monoisotopic (exact) mass is 857 g/mol. The van der Waals surface area contributed by atoms with E-state index in [-0.39, 0.29) is 25.2 Å². The third kappa shape index (κ3) is 49.0. The first kappa shape index (κ1) is 58.3. The Morgan fingerprint density at radius 3 is 1.21 bits per heavy atom. The highest BCUT2D eigenvalue weighted by atomic mass is 16.6. The Bertz CT molecular complexity index is 1290. The number of rotatable bonds is 44. The van der Waals surface area contributed by atoms with Crippen molar-refractivity contribution < 1.29 is 23.8 Å². The number of carbonyl (C=O) groups excluding carboxylic acids is 2. The van der Waals surface area contributed by atoms with E-state index in [1.807, 2.05) is 0 Å². The lowest BCUT2D eigenvalue weighted by atomic mass is 10.1. The highest BCUT2D eigenvalue weighted by molar-refractivity contribution is 5.70. The van der Waals surface area contributed by atoms with Crippen molar-refractivity contribution in [2.24, 2.45) is 0 Å². The maximum atomic E-state index is 12.8. The lowest BCUT2D eigenvalue weighted by Crippen LogP contribution is -2.30. The Morgan fingerprint density at radius 2 is 0.742 bits per heavy atom. The third-order valence-electron chi connectivity index (χ3n) is 9.94. The number of esters is 2. The van der Waals surface area contributed by atoms with Gasteiger partial charge in [0, 0.05) is 19.4 Å². The fourth-order valence-corrected chi connectivity index (χ4v) is 6.30. The Hall–Kier alpha value is -3.70. The van der Waals surface area contributed by atoms with Crippen molar-refractivity contribution >= 4 is 11.9 Å². The van der Waals surface area contributed by atoms with Gasteiger partial charge in [0.05, 0.1) is 6.61 Å². The van der Waals surface area contributed by atoms with Gasteiger partial charge in [-0.2, -0.15) is 0 Å². The first-order valence-corrected chi connectivity index (χ1v) is 25.1. The molecule has 0 aromatic rings. The predicted molar refractivity (Wildman–Crippen MR) is 269 cm³/mol. The van der Waals surface area contributed by atoms with E-state index in [0.717, 1.165) is 116 Å². The quantitative estimate of drug-likeness (QED) is 0.0347. The highest BCUT2D eigenvalue weighted by Crippen LogP contribution is 2.12. The molecule has 0 saturated carbocycles. The van der Waals surface area contributed by atoms with Gasteiger partial charge in [-0.1, -0.05) is 194 Å². The van der Waals surface area contributed by atoms with Crippen molar-refractivity contribution in [1.82, 2.24) is 0 Å². The second-order valence-electron chi connectivity index (χ2n) is 15.9. The van der Waals surface area contributed by atoms with Crippen molar-refractivity contribution in [3.8, 4) is 0 Å². The standard InChI is InChI=1S/C57H92O5/c1-4-7-10-13-16-19-22-25-28-29-31-32-35-38-41-44-47-50-56(58)61-54-55(53-60-52-49-46-43-40-37-34-27-24-21-18-15-12-9-6-3)62-57(59)51-48-45-42-39-36-33-30-26-23-20-17-14-11-8-5-2/h7-8,10-12,15-17,19-21,24-26,28,30-32,38,41,55H,4-6,9,13-14,18,22-23,27,29,33-37,39-40,42-54H2,1-3H3/b10-7-,11-8-,15-12-,19-16-,20-17-,24-21-,28-25-,30-26-,32-31-,41-38-. The maximum Gasteiger partial charge on any atom is 0.306 e. The summed E-state index contributed by atoms with van der Waals surface area (Å²) in [5, 5.41) is 0. The average Bonchev–Trinajstić information content (AvgIpc) is 3.27. The summed E-state index contributed by atoms with van der Waals surface area (Å²) < 4.78 is 17.3. The van der Waals surface area contributed by atoms with Gasteiger partial charge in [0.15, 0.2) is 6.10 Å². The summed E-state index contributed by atoms with van der Waals surface area (Å²) >= 11 is 0.